The summed E-state index contributed by atoms with van der Waals surface area (Å²) in [7, 11) is 1.43. The Morgan fingerprint density at radius 3 is 2.72 bits per heavy atom. The van der Waals surface area contributed by atoms with Crippen LogP contribution in [0.3, 0.4) is 0 Å². The predicted octanol–water partition coefficient (Wildman–Crippen LogP) is 1.91. The molecule has 1 aromatic rings. The number of aliphatic carboxylic acids is 1. The second kappa shape index (κ2) is 4.94. The average molecular weight is 253 g/mol. The molecule has 0 aliphatic carbocycles. The summed E-state index contributed by atoms with van der Waals surface area (Å²) in [6.07, 6.45) is 0. The molecule has 0 bridgehead atoms. The van der Waals surface area contributed by atoms with E-state index in [1.807, 2.05) is 11.8 Å². The van der Waals surface area contributed by atoms with Crippen molar-refractivity contribution in [1.29, 1.82) is 0 Å². The van der Waals surface area contributed by atoms with E-state index in [0.717, 1.165) is 5.56 Å². The Morgan fingerprint density at radius 1 is 1.56 bits per heavy atom. The number of carbonyl (C=O) groups is 1. The normalized spacial score (nSPS) is 18.2. The maximum absolute atomic E-state index is 13.6. The first kappa shape index (κ1) is 12.8. The lowest BCUT2D eigenvalue weighted by Gasteiger charge is -2.41. The molecule has 0 spiro atoms. The van der Waals surface area contributed by atoms with Gasteiger partial charge in [0, 0.05) is 19.1 Å². The van der Waals surface area contributed by atoms with Crippen molar-refractivity contribution in [2.45, 2.75) is 13.0 Å². The average Bonchev–Trinajstić information content (AvgIpc) is 2.26. The van der Waals surface area contributed by atoms with E-state index in [1.165, 1.54) is 13.2 Å². The van der Waals surface area contributed by atoms with Gasteiger partial charge in [-0.15, -0.1) is 0 Å². The largest absolute Gasteiger partial charge is 0.494 e. The van der Waals surface area contributed by atoms with Crippen LogP contribution < -0.4 is 4.74 Å². The van der Waals surface area contributed by atoms with Crippen molar-refractivity contribution in [3.8, 4) is 5.75 Å². The third-order valence-electron chi connectivity index (χ3n) is 3.47. The molecule has 1 aliphatic heterocycles. The number of carboxylic acids is 1. The number of nitrogens with zero attached hydrogens (tertiary/aromatic N) is 1. The van der Waals surface area contributed by atoms with Gasteiger partial charge < -0.3 is 9.84 Å². The molecule has 0 aromatic heterocycles. The second-order valence-electron chi connectivity index (χ2n) is 4.56. The number of halogens is 1. The highest BCUT2D eigenvalue weighted by atomic mass is 19.1. The second-order valence-corrected chi connectivity index (χ2v) is 4.56. The highest BCUT2D eigenvalue weighted by molar-refractivity contribution is 5.71. The fourth-order valence-corrected chi connectivity index (χ4v) is 2.14. The number of hydrogen-bond acceptors (Lipinski definition) is 3. The molecule has 1 aliphatic rings. The minimum atomic E-state index is -0.764. The summed E-state index contributed by atoms with van der Waals surface area (Å²) in [6, 6.07) is 4.86. The molecule has 0 amide bonds. The van der Waals surface area contributed by atoms with Gasteiger partial charge >= 0.3 is 5.97 Å². The van der Waals surface area contributed by atoms with Crippen molar-refractivity contribution in [3.05, 3.63) is 29.6 Å². The van der Waals surface area contributed by atoms with E-state index in [0.29, 0.717) is 13.1 Å². The SMILES string of the molecule is COc1ccc(C(C)N2CC(C(=O)O)C2)cc1F. The number of rotatable bonds is 4. The number of likely N-dealkylation sites (tertiary alicyclic amines) is 1. The van der Waals surface area contributed by atoms with Crippen LogP contribution in [0.4, 0.5) is 4.39 Å². The van der Waals surface area contributed by atoms with E-state index in [1.54, 1.807) is 12.1 Å². The molecule has 1 saturated heterocycles. The molecule has 5 heteroatoms. The molecule has 1 unspecified atom stereocenters. The topological polar surface area (TPSA) is 49.8 Å². The summed E-state index contributed by atoms with van der Waals surface area (Å²) in [5.74, 6) is -1.23. The third-order valence-corrected chi connectivity index (χ3v) is 3.47. The minimum Gasteiger partial charge on any atom is -0.494 e. The summed E-state index contributed by atoms with van der Waals surface area (Å²) in [4.78, 5) is 12.7. The van der Waals surface area contributed by atoms with Crippen molar-refractivity contribution in [3.63, 3.8) is 0 Å². The lowest BCUT2D eigenvalue weighted by molar-refractivity contribution is -0.148. The van der Waals surface area contributed by atoms with Crippen LogP contribution in [-0.2, 0) is 4.79 Å². The predicted molar refractivity (Wildman–Crippen MR) is 64.1 cm³/mol. The zero-order valence-corrected chi connectivity index (χ0v) is 10.4. The van der Waals surface area contributed by atoms with Crippen LogP contribution in [0.15, 0.2) is 18.2 Å². The molecule has 18 heavy (non-hydrogen) atoms. The smallest absolute Gasteiger partial charge is 0.309 e. The van der Waals surface area contributed by atoms with Crippen molar-refractivity contribution in [2.75, 3.05) is 20.2 Å². The van der Waals surface area contributed by atoms with Gasteiger partial charge in [-0.1, -0.05) is 6.07 Å². The summed E-state index contributed by atoms with van der Waals surface area (Å²) >= 11 is 0. The number of hydrogen-bond donors (Lipinski definition) is 1. The van der Waals surface area contributed by atoms with Crippen LogP contribution in [0.2, 0.25) is 0 Å². The van der Waals surface area contributed by atoms with E-state index < -0.39 is 11.8 Å². The van der Waals surface area contributed by atoms with Gasteiger partial charge in [-0.25, -0.2) is 4.39 Å². The Balaban J connectivity index is 2.04. The van der Waals surface area contributed by atoms with Crippen LogP contribution in [0.5, 0.6) is 5.75 Å². The van der Waals surface area contributed by atoms with E-state index in [-0.39, 0.29) is 17.7 Å². The van der Waals surface area contributed by atoms with Gasteiger partial charge in [0.15, 0.2) is 11.6 Å². The number of ether oxygens (including phenoxy) is 1. The lowest BCUT2D eigenvalue weighted by atomic mass is 9.95. The van der Waals surface area contributed by atoms with Crippen molar-refractivity contribution < 1.29 is 19.0 Å². The Bertz CT molecular complexity index is 458. The van der Waals surface area contributed by atoms with Crippen LogP contribution in [0.1, 0.15) is 18.5 Å². The molecule has 1 fully saturated rings. The first-order valence-corrected chi connectivity index (χ1v) is 5.83. The van der Waals surface area contributed by atoms with Gasteiger partial charge in [-0.05, 0) is 24.6 Å². The Labute approximate surface area is 105 Å². The number of benzene rings is 1. The Morgan fingerprint density at radius 2 is 2.22 bits per heavy atom. The quantitative estimate of drug-likeness (QED) is 0.890. The molecule has 1 N–H and O–H groups in total. The number of methoxy groups -OCH3 is 1. The molecule has 98 valence electrons. The molecule has 0 saturated carbocycles. The highest BCUT2D eigenvalue weighted by Gasteiger charge is 2.35. The van der Waals surface area contributed by atoms with E-state index in [4.69, 9.17) is 9.84 Å². The molecular weight excluding hydrogens is 237 g/mol. The first-order valence-electron chi connectivity index (χ1n) is 5.83. The fraction of sp³-hybridized carbons (Fsp3) is 0.462. The van der Waals surface area contributed by atoms with Crippen molar-refractivity contribution in [2.24, 2.45) is 5.92 Å². The first-order chi connectivity index (χ1) is 8.52. The Hall–Kier alpha value is -1.62. The molecule has 2 rings (SSSR count). The molecule has 1 atom stereocenters. The summed E-state index contributed by atoms with van der Waals surface area (Å²) in [6.45, 7) is 2.98. The Kier molecular flexibility index (Phi) is 3.52. The fourth-order valence-electron chi connectivity index (χ4n) is 2.14. The van der Waals surface area contributed by atoms with Gasteiger partial charge in [-0.3, -0.25) is 9.69 Å². The molecule has 0 radical (unpaired) electrons. The van der Waals surface area contributed by atoms with E-state index >= 15 is 0 Å². The van der Waals surface area contributed by atoms with Gasteiger partial charge in [-0.2, -0.15) is 0 Å². The maximum Gasteiger partial charge on any atom is 0.309 e. The standard InChI is InChI=1S/C13H16FNO3/c1-8(15-6-10(7-15)13(16)17)9-3-4-12(18-2)11(14)5-9/h3-5,8,10H,6-7H2,1-2H3,(H,16,17). The monoisotopic (exact) mass is 253 g/mol. The molecule has 1 heterocycles. The minimum absolute atomic E-state index is 0.0148. The van der Waals surface area contributed by atoms with Gasteiger partial charge in [0.2, 0.25) is 0 Å². The van der Waals surface area contributed by atoms with Gasteiger partial charge in [0.05, 0.1) is 13.0 Å². The van der Waals surface area contributed by atoms with E-state index in [9.17, 15) is 9.18 Å². The van der Waals surface area contributed by atoms with Crippen molar-refractivity contribution in [1.82, 2.24) is 4.90 Å². The van der Waals surface area contributed by atoms with Crippen LogP contribution in [0, 0.1) is 11.7 Å². The zero-order valence-electron chi connectivity index (χ0n) is 10.4. The molecule has 4 nitrogen and oxygen atoms in total. The van der Waals surface area contributed by atoms with Gasteiger partial charge in [0.1, 0.15) is 0 Å². The number of carboxylic acid groups (broad SMARTS) is 1. The van der Waals surface area contributed by atoms with E-state index in [2.05, 4.69) is 0 Å². The summed E-state index contributed by atoms with van der Waals surface area (Å²) in [5.41, 5.74) is 0.831. The third kappa shape index (κ3) is 2.31. The highest BCUT2D eigenvalue weighted by Crippen LogP contribution is 2.30. The van der Waals surface area contributed by atoms with Crippen LogP contribution in [0.25, 0.3) is 0 Å². The lowest BCUT2D eigenvalue weighted by Crippen LogP contribution is -2.51. The van der Waals surface area contributed by atoms with Gasteiger partial charge in [0.25, 0.3) is 0 Å². The summed E-state index contributed by atoms with van der Waals surface area (Å²) in [5, 5.41) is 8.81. The summed E-state index contributed by atoms with van der Waals surface area (Å²) < 4.78 is 18.4. The zero-order chi connectivity index (χ0) is 13.3. The molecular formula is C13H16FNO3. The van der Waals surface area contributed by atoms with Crippen molar-refractivity contribution >= 4 is 5.97 Å². The van der Waals surface area contributed by atoms with Crippen LogP contribution >= 0.6 is 0 Å². The van der Waals surface area contributed by atoms with Crippen LogP contribution in [-0.4, -0.2) is 36.2 Å². The molecule has 1 aromatic carbocycles. The maximum atomic E-state index is 13.6.